The molecule has 2 N–H and O–H groups in total. The number of carbonyl (C=O) groups is 1. The lowest BCUT2D eigenvalue weighted by Gasteiger charge is -2.35. The highest BCUT2D eigenvalue weighted by Crippen LogP contribution is 2.28. The van der Waals surface area contributed by atoms with Crippen molar-refractivity contribution >= 4 is 12.0 Å². The Morgan fingerprint density at radius 3 is 2.64 bits per heavy atom. The molecule has 0 atom stereocenters. The first kappa shape index (κ1) is 16.6. The Labute approximate surface area is 132 Å². The summed E-state index contributed by atoms with van der Waals surface area (Å²) in [6, 6.07) is 7.59. The summed E-state index contributed by atoms with van der Waals surface area (Å²) in [5, 5.41) is 2.32. The first-order chi connectivity index (χ1) is 10.5. The number of ether oxygens (including phenoxy) is 2. The van der Waals surface area contributed by atoms with Crippen LogP contribution in [0, 0.1) is 5.92 Å². The molecule has 0 aliphatic carbocycles. The van der Waals surface area contributed by atoms with Gasteiger partial charge in [-0.3, -0.25) is 0 Å². The second kappa shape index (κ2) is 7.45. The number of carbonyl (C=O) groups excluding carboxylic acids is 1. The van der Waals surface area contributed by atoms with Crippen LogP contribution in [-0.4, -0.2) is 31.8 Å². The van der Waals surface area contributed by atoms with E-state index in [1.54, 1.807) is 13.2 Å². The highest BCUT2D eigenvalue weighted by molar-refractivity contribution is 5.87. The largest absolute Gasteiger partial charge is 0.496 e. The summed E-state index contributed by atoms with van der Waals surface area (Å²) < 4.78 is 11.0. The van der Waals surface area contributed by atoms with E-state index in [9.17, 15) is 4.79 Å². The molecule has 4 nitrogen and oxygen atoms in total. The maximum Gasteiger partial charge on any atom is 0.331 e. The molecule has 22 heavy (non-hydrogen) atoms. The quantitative estimate of drug-likeness (QED) is 0.669. The fraction of sp³-hybridized carbons (Fsp3) is 0.500. The van der Waals surface area contributed by atoms with E-state index in [0.29, 0.717) is 5.92 Å². The molecule has 0 amide bonds. The fourth-order valence-electron chi connectivity index (χ4n) is 2.96. The van der Waals surface area contributed by atoms with Crippen molar-refractivity contribution in [2.24, 2.45) is 5.92 Å². The zero-order chi connectivity index (χ0) is 16.0. The maximum absolute atomic E-state index is 12.1. The van der Waals surface area contributed by atoms with Crippen LogP contribution < -0.4 is 10.1 Å². The first-order valence-corrected chi connectivity index (χ1v) is 7.88. The number of hydrogen-bond donors (Lipinski definition) is 1. The predicted molar refractivity (Wildman–Crippen MR) is 86.6 cm³/mol. The van der Waals surface area contributed by atoms with Gasteiger partial charge >= 0.3 is 5.97 Å². The van der Waals surface area contributed by atoms with E-state index in [2.05, 4.69) is 5.32 Å². The third kappa shape index (κ3) is 4.34. The molecule has 1 aliphatic rings. The standard InChI is InChI=1S/C18H25NO3/c1-18(2,15-10-12-19-13-11-15)22-17(20)9-8-14-6-4-5-7-16(14)21-3/h4-9,15,19H,10-13H2,1-3H3/p+1/b9-8+. The van der Waals surface area contributed by atoms with Crippen LogP contribution >= 0.6 is 0 Å². The van der Waals surface area contributed by atoms with Crippen molar-refractivity contribution in [3.8, 4) is 5.75 Å². The van der Waals surface area contributed by atoms with Gasteiger partial charge in [-0.2, -0.15) is 0 Å². The molecule has 0 spiro atoms. The number of hydrogen-bond acceptors (Lipinski definition) is 3. The van der Waals surface area contributed by atoms with Crippen LogP contribution in [0.5, 0.6) is 5.75 Å². The van der Waals surface area contributed by atoms with Gasteiger partial charge in [0.05, 0.1) is 20.2 Å². The van der Waals surface area contributed by atoms with Crippen molar-refractivity contribution in [2.75, 3.05) is 20.2 Å². The van der Waals surface area contributed by atoms with Gasteiger partial charge in [0, 0.05) is 30.4 Å². The number of nitrogens with two attached hydrogens (primary N) is 1. The summed E-state index contributed by atoms with van der Waals surface area (Å²) in [6.07, 6.45) is 5.41. The number of methoxy groups -OCH3 is 1. The monoisotopic (exact) mass is 304 g/mol. The summed E-state index contributed by atoms with van der Waals surface area (Å²) in [5.41, 5.74) is 0.447. The van der Waals surface area contributed by atoms with E-state index in [0.717, 1.165) is 37.2 Å². The molecular formula is C18H26NO3+. The molecule has 1 aromatic carbocycles. The number of para-hydroxylation sites is 1. The van der Waals surface area contributed by atoms with Crippen LogP contribution in [0.3, 0.4) is 0 Å². The molecule has 0 bridgehead atoms. The summed E-state index contributed by atoms with van der Waals surface area (Å²) in [4.78, 5) is 12.1. The number of quaternary nitrogens is 1. The zero-order valence-electron chi connectivity index (χ0n) is 13.7. The van der Waals surface area contributed by atoms with Crippen molar-refractivity contribution in [1.29, 1.82) is 0 Å². The molecule has 0 aromatic heterocycles. The summed E-state index contributed by atoms with van der Waals surface area (Å²) >= 11 is 0. The molecule has 1 heterocycles. The Hall–Kier alpha value is -1.81. The van der Waals surface area contributed by atoms with E-state index in [1.165, 1.54) is 6.08 Å². The van der Waals surface area contributed by atoms with Crippen molar-refractivity contribution in [1.82, 2.24) is 0 Å². The second-order valence-corrected chi connectivity index (χ2v) is 6.24. The minimum absolute atomic E-state index is 0.301. The molecule has 0 unspecified atom stereocenters. The smallest absolute Gasteiger partial charge is 0.331 e. The van der Waals surface area contributed by atoms with Crippen LogP contribution in [-0.2, 0) is 9.53 Å². The van der Waals surface area contributed by atoms with E-state index in [1.807, 2.05) is 38.1 Å². The molecule has 1 aromatic rings. The van der Waals surface area contributed by atoms with E-state index < -0.39 is 5.60 Å². The van der Waals surface area contributed by atoms with E-state index >= 15 is 0 Å². The topological polar surface area (TPSA) is 52.1 Å². The molecule has 1 fully saturated rings. The Morgan fingerprint density at radius 2 is 1.95 bits per heavy atom. The normalized spacial score (nSPS) is 16.7. The second-order valence-electron chi connectivity index (χ2n) is 6.24. The minimum Gasteiger partial charge on any atom is -0.496 e. The molecule has 4 heteroatoms. The average molecular weight is 304 g/mol. The van der Waals surface area contributed by atoms with Gasteiger partial charge in [0.2, 0.25) is 0 Å². The van der Waals surface area contributed by atoms with Crippen LogP contribution in [0.4, 0.5) is 0 Å². The van der Waals surface area contributed by atoms with Crippen LogP contribution in [0.2, 0.25) is 0 Å². The fourth-order valence-corrected chi connectivity index (χ4v) is 2.96. The lowest BCUT2D eigenvalue weighted by molar-refractivity contribution is -0.665. The third-order valence-corrected chi connectivity index (χ3v) is 4.32. The number of esters is 1. The first-order valence-electron chi connectivity index (χ1n) is 7.88. The summed E-state index contributed by atoms with van der Waals surface area (Å²) in [5.74, 6) is 0.875. The number of benzene rings is 1. The molecule has 1 saturated heterocycles. The Kier molecular flexibility index (Phi) is 5.61. The lowest BCUT2D eigenvalue weighted by Crippen LogP contribution is -2.86. The Morgan fingerprint density at radius 1 is 1.27 bits per heavy atom. The van der Waals surface area contributed by atoms with Gasteiger partial charge in [0.15, 0.2) is 0 Å². The van der Waals surface area contributed by atoms with Gasteiger partial charge in [-0.05, 0) is 26.0 Å². The molecule has 0 saturated carbocycles. The van der Waals surface area contributed by atoms with E-state index in [-0.39, 0.29) is 5.97 Å². The van der Waals surface area contributed by atoms with Crippen molar-refractivity contribution < 1.29 is 19.6 Å². The summed E-state index contributed by atoms with van der Waals surface area (Å²) in [7, 11) is 1.62. The van der Waals surface area contributed by atoms with Crippen molar-refractivity contribution in [3.05, 3.63) is 35.9 Å². The SMILES string of the molecule is COc1ccccc1/C=C/C(=O)OC(C)(C)C1CC[NH2+]CC1. The average Bonchev–Trinajstić information content (AvgIpc) is 2.53. The molecular weight excluding hydrogens is 278 g/mol. The van der Waals surface area contributed by atoms with Crippen LogP contribution in [0.15, 0.2) is 30.3 Å². The van der Waals surface area contributed by atoms with Gasteiger partial charge in [-0.25, -0.2) is 4.79 Å². The minimum atomic E-state index is -0.420. The number of piperidine rings is 1. The van der Waals surface area contributed by atoms with Crippen molar-refractivity contribution in [3.63, 3.8) is 0 Å². The molecule has 1 aliphatic heterocycles. The highest BCUT2D eigenvalue weighted by Gasteiger charge is 2.34. The van der Waals surface area contributed by atoms with Gasteiger partial charge in [0.1, 0.15) is 11.4 Å². The van der Waals surface area contributed by atoms with Gasteiger partial charge in [0.25, 0.3) is 0 Å². The van der Waals surface area contributed by atoms with Gasteiger partial charge in [-0.1, -0.05) is 18.2 Å². The third-order valence-electron chi connectivity index (χ3n) is 4.32. The molecule has 120 valence electrons. The highest BCUT2D eigenvalue weighted by atomic mass is 16.6. The zero-order valence-corrected chi connectivity index (χ0v) is 13.7. The number of rotatable bonds is 5. The molecule has 2 rings (SSSR count). The Bertz CT molecular complexity index is 531. The van der Waals surface area contributed by atoms with E-state index in [4.69, 9.17) is 9.47 Å². The lowest BCUT2D eigenvalue weighted by atomic mass is 9.83. The van der Waals surface area contributed by atoms with Gasteiger partial charge in [-0.15, -0.1) is 0 Å². The molecule has 0 radical (unpaired) electrons. The van der Waals surface area contributed by atoms with Gasteiger partial charge < -0.3 is 14.8 Å². The predicted octanol–water partition coefficient (Wildman–Crippen LogP) is 2.00. The van der Waals surface area contributed by atoms with Crippen molar-refractivity contribution in [2.45, 2.75) is 32.3 Å². The van der Waals surface area contributed by atoms with Crippen LogP contribution in [0.1, 0.15) is 32.3 Å². The Balaban J connectivity index is 1.98. The van der Waals surface area contributed by atoms with Crippen LogP contribution in [0.25, 0.3) is 6.08 Å². The maximum atomic E-state index is 12.1. The summed E-state index contributed by atoms with van der Waals surface area (Å²) in [6.45, 7) is 6.25.